The average molecular weight is 296 g/mol. The third-order valence-corrected chi connectivity index (χ3v) is 3.44. The monoisotopic (exact) mass is 296 g/mol. The molecule has 0 aliphatic heterocycles. The first-order valence-corrected chi connectivity index (χ1v) is 8.51. The van der Waals surface area contributed by atoms with Crippen molar-refractivity contribution in [1.29, 1.82) is 0 Å². The average Bonchev–Trinajstić information content (AvgIpc) is 2.56. The topological polar surface area (TPSA) is 26.3 Å². The van der Waals surface area contributed by atoms with Gasteiger partial charge in [-0.3, -0.25) is 4.79 Å². The summed E-state index contributed by atoms with van der Waals surface area (Å²) < 4.78 is 20.4. The lowest BCUT2D eigenvalue weighted by Crippen LogP contribution is -1.98. The van der Waals surface area contributed by atoms with Gasteiger partial charge in [-0.05, 0) is 32.1 Å². The van der Waals surface area contributed by atoms with Gasteiger partial charge in [-0.1, -0.05) is 69.7 Å². The molecule has 2 nitrogen and oxygen atoms in total. The van der Waals surface area contributed by atoms with Gasteiger partial charge in [0.1, 0.15) is 0 Å². The molecule has 0 spiro atoms. The summed E-state index contributed by atoms with van der Waals surface area (Å²) in [5.74, 6) is -0.137. The number of carbonyl (C=O) groups is 1. The minimum Gasteiger partial charge on any atom is -0.469 e. The molecule has 0 saturated carbocycles. The number of unbranched alkanes of at least 4 members (excludes halogenated alkanes) is 8. The van der Waals surface area contributed by atoms with E-state index in [0.717, 1.165) is 38.5 Å². The molecule has 2 heteroatoms. The van der Waals surface area contributed by atoms with Crippen molar-refractivity contribution in [3.05, 3.63) is 24.3 Å². The van der Waals surface area contributed by atoms with Crippen LogP contribution in [-0.4, -0.2) is 13.1 Å². The Morgan fingerprint density at radius 3 is 2.43 bits per heavy atom. The van der Waals surface area contributed by atoms with Crippen molar-refractivity contribution in [2.75, 3.05) is 7.11 Å². The molecule has 122 valence electrons. The van der Waals surface area contributed by atoms with Gasteiger partial charge in [-0.25, -0.2) is 0 Å². The summed E-state index contributed by atoms with van der Waals surface area (Å²) in [4.78, 5) is 10.9. The molecule has 0 unspecified atom stereocenters. The van der Waals surface area contributed by atoms with Gasteiger partial charge in [0.05, 0.1) is 9.85 Å². The molecule has 0 amide bonds. The van der Waals surface area contributed by atoms with Crippen molar-refractivity contribution in [1.82, 2.24) is 0 Å². The second kappa shape index (κ2) is 17.0. The SMILES string of the molecule is [2H]C(/C=C/CCCCCC)=C(\[2H])CCCCCCCC(=O)OC. The van der Waals surface area contributed by atoms with Gasteiger partial charge in [-0.2, -0.15) is 0 Å². The molecule has 0 aromatic heterocycles. The van der Waals surface area contributed by atoms with E-state index < -0.39 is 0 Å². The fourth-order valence-corrected chi connectivity index (χ4v) is 2.08. The normalized spacial score (nSPS) is 13.8. The Bertz CT molecular complexity index is 362. The number of hydrogen-bond acceptors (Lipinski definition) is 2. The molecular formula is C19H34O2. The van der Waals surface area contributed by atoms with Crippen LogP contribution in [0.25, 0.3) is 0 Å². The fraction of sp³-hybridized carbons (Fsp3) is 0.737. The molecule has 0 heterocycles. The van der Waals surface area contributed by atoms with E-state index in [0.29, 0.717) is 24.9 Å². The predicted octanol–water partition coefficient (Wildman–Crippen LogP) is 5.97. The molecule has 21 heavy (non-hydrogen) atoms. The minimum atomic E-state index is -0.137. The summed E-state index contributed by atoms with van der Waals surface area (Å²) in [5.41, 5.74) is 0. The van der Waals surface area contributed by atoms with Crippen LogP contribution in [0.5, 0.6) is 0 Å². The van der Waals surface area contributed by atoms with Crippen molar-refractivity contribution < 1.29 is 12.3 Å². The Kier molecular flexibility index (Phi) is 13.2. The lowest BCUT2D eigenvalue weighted by atomic mass is 10.1. The maximum Gasteiger partial charge on any atom is 0.305 e. The molecule has 0 fully saturated rings. The summed E-state index contributed by atoms with van der Waals surface area (Å²) in [5, 5.41) is 0. The Balaban J connectivity index is 3.67. The summed E-state index contributed by atoms with van der Waals surface area (Å²) >= 11 is 0. The summed E-state index contributed by atoms with van der Waals surface area (Å²) in [7, 11) is 1.42. The minimum absolute atomic E-state index is 0.137. The molecule has 0 atom stereocenters. The van der Waals surface area contributed by atoms with E-state index >= 15 is 0 Å². The molecule has 0 aliphatic carbocycles. The highest BCUT2D eigenvalue weighted by Gasteiger charge is 1.98. The molecule has 0 saturated heterocycles. The van der Waals surface area contributed by atoms with Gasteiger partial charge in [0.2, 0.25) is 0 Å². The molecule has 0 rings (SSSR count). The highest BCUT2D eigenvalue weighted by atomic mass is 16.5. The lowest BCUT2D eigenvalue weighted by molar-refractivity contribution is -0.140. The van der Waals surface area contributed by atoms with E-state index in [1.165, 1.54) is 32.8 Å². The first-order valence-electron chi connectivity index (χ1n) is 9.51. The Morgan fingerprint density at radius 2 is 1.67 bits per heavy atom. The number of rotatable bonds is 14. The van der Waals surface area contributed by atoms with Gasteiger partial charge in [-0.15, -0.1) is 0 Å². The maximum atomic E-state index is 10.9. The maximum absolute atomic E-state index is 10.9. The van der Waals surface area contributed by atoms with E-state index in [4.69, 9.17) is 2.74 Å². The second-order valence-electron chi connectivity index (χ2n) is 5.42. The number of allylic oxidation sites excluding steroid dienone is 4. The van der Waals surface area contributed by atoms with Gasteiger partial charge in [0.15, 0.2) is 0 Å². The fourth-order valence-electron chi connectivity index (χ4n) is 2.08. The first-order chi connectivity index (χ1) is 11.1. The Labute approximate surface area is 134 Å². The molecular weight excluding hydrogens is 260 g/mol. The zero-order valence-corrected chi connectivity index (χ0v) is 14.0. The highest BCUT2D eigenvalue weighted by Crippen LogP contribution is 2.08. The van der Waals surface area contributed by atoms with Crippen molar-refractivity contribution in [2.24, 2.45) is 0 Å². The molecule has 0 N–H and O–H groups in total. The van der Waals surface area contributed by atoms with Crippen LogP contribution < -0.4 is 0 Å². The predicted molar refractivity (Wildman–Crippen MR) is 91.4 cm³/mol. The smallest absolute Gasteiger partial charge is 0.305 e. The van der Waals surface area contributed by atoms with Crippen molar-refractivity contribution >= 4 is 5.97 Å². The third-order valence-electron chi connectivity index (χ3n) is 3.44. The standard InChI is InChI=1S/C19H34O2/c1-3-4-5-6-7-8-9-10-11-12-13-14-15-16-17-18-19(20)21-2/h8-11H,3-7,12-18H2,1-2H3/b9-8+,11-10-/i10D,11D. The Morgan fingerprint density at radius 1 is 1.00 bits per heavy atom. The molecule has 0 radical (unpaired) electrons. The van der Waals surface area contributed by atoms with E-state index in [9.17, 15) is 4.79 Å². The quantitative estimate of drug-likeness (QED) is 0.224. The summed E-state index contributed by atoms with van der Waals surface area (Å²) in [6.07, 6.45) is 15.9. The zero-order chi connectivity index (χ0) is 17.3. The molecule has 0 bridgehead atoms. The lowest BCUT2D eigenvalue weighted by Gasteiger charge is -1.99. The van der Waals surface area contributed by atoms with Crippen molar-refractivity contribution in [3.63, 3.8) is 0 Å². The van der Waals surface area contributed by atoms with Gasteiger partial charge in [0, 0.05) is 6.42 Å². The molecule has 0 aromatic rings. The van der Waals surface area contributed by atoms with Crippen molar-refractivity contribution in [3.8, 4) is 0 Å². The molecule has 0 aliphatic rings. The van der Waals surface area contributed by atoms with Crippen molar-refractivity contribution in [2.45, 2.75) is 84.0 Å². The van der Waals surface area contributed by atoms with E-state index in [-0.39, 0.29) is 5.97 Å². The summed E-state index contributed by atoms with van der Waals surface area (Å²) in [6, 6.07) is 0.788. The number of esters is 1. The largest absolute Gasteiger partial charge is 0.469 e. The van der Waals surface area contributed by atoms with Gasteiger partial charge < -0.3 is 4.74 Å². The zero-order valence-electron chi connectivity index (χ0n) is 16.0. The van der Waals surface area contributed by atoms with Gasteiger partial charge in [0.25, 0.3) is 0 Å². The van der Waals surface area contributed by atoms with E-state index in [2.05, 4.69) is 11.7 Å². The van der Waals surface area contributed by atoms with E-state index in [1.54, 1.807) is 6.08 Å². The van der Waals surface area contributed by atoms with Crippen LogP contribution in [-0.2, 0) is 9.53 Å². The number of methoxy groups -OCH3 is 1. The second-order valence-corrected chi connectivity index (χ2v) is 5.42. The van der Waals surface area contributed by atoms with Crippen LogP contribution in [0.1, 0.15) is 86.7 Å². The van der Waals surface area contributed by atoms with E-state index in [1.807, 2.05) is 6.08 Å². The third kappa shape index (κ3) is 16.9. The van der Waals surface area contributed by atoms with Crippen LogP contribution in [0.15, 0.2) is 24.3 Å². The number of hydrogen-bond donors (Lipinski definition) is 0. The first kappa shape index (κ1) is 16.3. The van der Waals surface area contributed by atoms with Gasteiger partial charge >= 0.3 is 5.97 Å². The van der Waals surface area contributed by atoms with Crippen LogP contribution in [0.3, 0.4) is 0 Å². The summed E-state index contributed by atoms with van der Waals surface area (Å²) in [6.45, 7) is 2.20. The molecule has 0 aromatic carbocycles. The van der Waals surface area contributed by atoms with Crippen LogP contribution in [0.4, 0.5) is 0 Å². The highest BCUT2D eigenvalue weighted by molar-refractivity contribution is 5.68. The van der Waals surface area contributed by atoms with Crippen LogP contribution >= 0.6 is 0 Å². The Hall–Kier alpha value is -1.05. The van der Waals surface area contributed by atoms with Crippen LogP contribution in [0.2, 0.25) is 0 Å². The number of ether oxygens (including phenoxy) is 1. The number of carbonyl (C=O) groups excluding carboxylic acids is 1. The van der Waals surface area contributed by atoms with Crippen LogP contribution in [0, 0.1) is 0 Å².